The van der Waals surface area contributed by atoms with Gasteiger partial charge in [-0.25, -0.2) is 4.79 Å². The molecule has 0 fully saturated rings. The van der Waals surface area contributed by atoms with Gasteiger partial charge in [0.15, 0.2) is 0 Å². The Labute approximate surface area is 140 Å². The van der Waals surface area contributed by atoms with Gasteiger partial charge in [0.1, 0.15) is 0 Å². The van der Waals surface area contributed by atoms with Crippen LogP contribution in [0.5, 0.6) is 0 Å². The quantitative estimate of drug-likeness (QED) is 0.219. The first-order chi connectivity index (χ1) is 9.79. The molecule has 0 saturated heterocycles. The van der Waals surface area contributed by atoms with E-state index in [4.69, 9.17) is 5.11 Å². The SMILES string of the molecule is CC(C)OC(=O)C(F)(F)CC(I)CCCCCCCCO. The van der Waals surface area contributed by atoms with E-state index in [-0.39, 0.29) is 10.5 Å². The molecule has 0 amide bonds. The summed E-state index contributed by atoms with van der Waals surface area (Å²) in [6, 6.07) is 0. The summed E-state index contributed by atoms with van der Waals surface area (Å²) in [7, 11) is 0. The lowest BCUT2D eigenvalue weighted by molar-refractivity contribution is -0.176. The summed E-state index contributed by atoms with van der Waals surface area (Å²) in [4.78, 5) is 11.3. The van der Waals surface area contributed by atoms with Crippen molar-refractivity contribution in [1.29, 1.82) is 0 Å². The summed E-state index contributed by atoms with van der Waals surface area (Å²) in [5, 5.41) is 8.64. The van der Waals surface area contributed by atoms with Crippen LogP contribution in [0.2, 0.25) is 0 Å². The van der Waals surface area contributed by atoms with Gasteiger partial charge in [-0.2, -0.15) is 8.78 Å². The molecule has 0 spiro atoms. The van der Waals surface area contributed by atoms with Crippen LogP contribution in [0.15, 0.2) is 0 Å². The highest BCUT2D eigenvalue weighted by molar-refractivity contribution is 14.1. The van der Waals surface area contributed by atoms with Crippen LogP contribution in [0.3, 0.4) is 0 Å². The average Bonchev–Trinajstić information content (AvgIpc) is 2.36. The normalized spacial score (nSPS) is 13.5. The lowest BCUT2D eigenvalue weighted by Gasteiger charge is -2.19. The molecule has 0 aromatic heterocycles. The second-order valence-electron chi connectivity index (χ2n) is 5.59. The standard InChI is InChI=1S/C15H27F2IO3/c1-12(2)21-14(20)15(16,17)11-13(18)9-7-5-3-4-6-8-10-19/h12-13,19H,3-11H2,1-2H3. The van der Waals surface area contributed by atoms with E-state index in [0.29, 0.717) is 6.42 Å². The first kappa shape index (κ1) is 21.0. The zero-order chi connectivity index (χ0) is 16.3. The van der Waals surface area contributed by atoms with Crippen molar-refractivity contribution in [1.82, 2.24) is 0 Å². The molecule has 0 aromatic carbocycles. The largest absolute Gasteiger partial charge is 0.459 e. The zero-order valence-electron chi connectivity index (χ0n) is 12.9. The Balaban J connectivity index is 3.81. The maximum absolute atomic E-state index is 13.6. The highest BCUT2D eigenvalue weighted by Gasteiger charge is 2.42. The molecule has 3 nitrogen and oxygen atoms in total. The van der Waals surface area contributed by atoms with Crippen molar-refractivity contribution in [2.45, 2.75) is 81.2 Å². The third kappa shape index (κ3) is 11.3. The van der Waals surface area contributed by atoms with E-state index >= 15 is 0 Å². The number of aliphatic hydroxyl groups excluding tert-OH is 1. The smallest absolute Gasteiger partial charge is 0.377 e. The predicted molar refractivity (Wildman–Crippen MR) is 88.0 cm³/mol. The second-order valence-corrected chi connectivity index (χ2v) is 7.36. The van der Waals surface area contributed by atoms with Crippen molar-refractivity contribution < 1.29 is 23.4 Å². The van der Waals surface area contributed by atoms with E-state index < -0.39 is 24.4 Å². The first-order valence-corrected chi connectivity index (χ1v) is 8.88. The number of hydrogen-bond acceptors (Lipinski definition) is 3. The highest BCUT2D eigenvalue weighted by atomic mass is 127. The number of rotatable bonds is 12. The molecule has 0 rings (SSSR count). The van der Waals surface area contributed by atoms with Crippen molar-refractivity contribution in [2.24, 2.45) is 0 Å². The highest BCUT2D eigenvalue weighted by Crippen LogP contribution is 2.29. The number of halogens is 3. The molecule has 21 heavy (non-hydrogen) atoms. The van der Waals surface area contributed by atoms with E-state index in [9.17, 15) is 13.6 Å². The molecular formula is C15H27F2IO3. The molecule has 0 aromatic rings. The minimum absolute atomic E-state index is 0.227. The molecule has 1 N–H and O–H groups in total. The van der Waals surface area contributed by atoms with Crippen molar-refractivity contribution in [3.63, 3.8) is 0 Å². The van der Waals surface area contributed by atoms with Gasteiger partial charge in [-0.05, 0) is 26.7 Å². The van der Waals surface area contributed by atoms with E-state index in [2.05, 4.69) is 4.74 Å². The van der Waals surface area contributed by atoms with E-state index in [1.54, 1.807) is 13.8 Å². The minimum atomic E-state index is -3.39. The number of alkyl halides is 3. The fourth-order valence-electron chi connectivity index (χ4n) is 1.95. The van der Waals surface area contributed by atoms with E-state index in [1.807, 2.05) is 22.6 Å². The molecule has 6 heteroatoms. The topological polar surface area (TPSA) is 46.5 Å². The van der Waals surface area contributed by atoms with Crippen LogP contribution in [0, 0.1) is 0 Å². The lowest BCUT2D eigenvalue weighted by atomic mass is 10.1. The van der Waals surface area contributed by atoms with Gasteiger partial charge in [-0.15, -0.1) is 0 Å². The zero-order valence-corrected chi connectivity index (χ0v) is 15.1. The van der Waals surface area contributed by atoms with E-state index in [1.165, 1.54) is 0 Å². The summed E-state index contributed by atoms with van der Waals surface area (Å²) in [5.74, 6) is -4.81. The molecule has 0 bridgehead atoms. The summed E-state index contributed by atoms with van der Waals surface area (Å²) in [6.45, 7) is 3.36. The van der Waals surface area contributed by atoms with Gasteiger partial charge in [0.2, 0.25) is 0 Å². The van der Waals surface area contributed by atoms with Crippen molar-refractivity contribution >= 4 is 28.6 Å². The second kappa shape index (κ2) is 11.6. The van der Waals surface area contributed by atoms with Crippen molar-refractivity contribution in [3.05, 3.63) is 0 Å². The summed E-state index contributed by atoms with van der Waals surface area (Å²) >= 11 is 1.99. The Hall–Kier alpha value is 0.0200. The van der Waals surface area contributed by atoms with Crippen LogP contribution in [-0.2, 0) is 9.53 Å². The molecule has 0 aliphatic carbocycles. The Morgan fingerprint density at radius 2 is 1.67 bits per heavy atom. The Bertz CT molecular complexity index is 286. The van der Waals surface area contributed by atoms with Crippen LogP contribution in [-0.4, -0.2) is 33.6 Å². The molecule has 0 aliphatic heterocycles. The van der Waals surface area contributed by atoms with Crippen LogP contribution in [0.1, 0.15) is 65.2 Å². The molecule has 0 saturated carbocycles. The number of unbranched alkanes of at least 4 members (excludes halogenated alkanes) is 5. The first-order valence-electron chi connectivity index (χ1n) is 7.63. The summed E-state index contributed by atoms with van der Waals surface area (Å²) in [6.07, 6.45) is 5.60. The Morgan fingerprint density at radius 1 is 1.14 bits per heavy atom. The summed E-state index contributed by atoms with van der Waals surface area (Å²) in [5.41, 5.74) is 0. The predicted octanol–water partition coefficient (Wildman–Crippen LogP) is 4.49. The number of hydrogen-bond donors (Lipinski definition) is 1. The van der Waals surface area contributed by atoms with Crippen LogP contribution in [0.4, 0.5) is 8.78 Å². The van der Waals surface area contributed by atoms with Crippen LogP contribution >= 0.6 is 22.6 Å². The Kier molecular flexibility index (Phi) is 11.6. The molecule has 0 aliphatic rings. The fourth-order valence-corrected chi connectivity index (χ4v) is 2.94. The maximum atomic E-state index is 13.6. The molecule has 1 atom stereocenters. The van der Waals surface area contributed by atoms with Crippen LogP contribution < -0.4 is 0 Å². The average molecular weight is 420 g/mol. The molecule has 0 radical (unpaired) electrons. The van der Waals surface area contributed by atoms with E-state index in [0.717, 1.165) is 38.5 Å². The van der Waals surface area contributed by atoms with Gasteiger partial charge in [-0.3, -0.25) is 0 Å². The van der Waals surface area contributed by atoms with Gasteiger partial charge >= 0.3 is 11.9 Å². The van der Waals surface area contributed by atoms with Gasteiger partial charge in [0.25, 0.3) is 0 Å². The number of ether oxygens (including phenoxy) is 1. The van der Waals surface area contributed by atoms with Gasteiger partial charge in [-0.1, -0.05) is 54.7 Å². The fraction of sp³-hybridized carbons (Fsp3) is 0.933. The molecule has 1 unspecified atom stereocenters. The maximum Gasteiger partial charge on any atom is 0.377 e. The van der Waals surface area contributed by atoms with Gasteiger partial charge in [0, 0.05) is 17.0 Å². The minimum Gasteiger partial charge on any atom is -0.459 e. The lowest BCUT2D eigenvalue weighted by Crippen LogP contribution is -2.34. The van der Waals surface area contributed by atoms with Crippen molar-refractivity contribution in [2.75, 3.05) is 6.61 Å². The Morgan fingerprint density at radius 3 is 2.19 bits per heavy atom. The summed E-state index contributed by atoms with van der Waals surface area (Å²) < 4.78 is 31.6. The number of aliphatic hydroxyl groups is 1. The molecule has 0 heterocycles. The van der Waals surface area contributed by atoms with Gasteiger partial charge < -0.3 is 9.84 Å². The third-order valence-corrected chi connectivity index (χ3v) is 4.11. The number of carbonyl (C=O) groups excluding carboxylic acids is 1. The monoisotopic (exact) mass is 420 g/mol. The third-order valence-electron chi connectivity index (χ3n) is 3.04. The number of esters is 1. The molecule has 126 valence electrons. The number of carbonyl (C=O) groups is 1. The molecular weight excluding hydrogens is 393 g/mol. The van der Waals surface area contributed by atoms with Crippen LogP contribution in [0.25, 0.3) is 0 Å². The van der Waals surface area contributed by atoms with Gasteiger partial charge in [0.05, 0.1) is 6.10 Å². The van der Waals surface area contributed by atoms with Crippen molar-refractivity contribution in [3.8, 4) is 0 Å².